The van der Waals surface area contributed by atoms with Crippen molar-refractivity contribution >= 4 is 64.8 Å². The van der Waals surface area contributed by atoms with E-state index >= 15 is 0 Å². The molecule has 0 N–H and O–H groups in total. The van der Waals surface area contributed by atoms with Gasteiger partial charge in [-0.1, -0.05) is 127 Å². The van der Waals surface area contributed by atoms with E-state index in [1.807, 2.05) is 0 Å². The molecule has 1 aromatic heterocycles. The highest BCUT2D eigenvalue weighted by atomic mass is 14.7. The second-order valence-corrected chi connectivity index (χ2v) is 11.2. The van der Waals surface area contributed by atoms with Crippen molar-refractivity contribution in [3.8, 4) is 22.4 Å². The third-order valence-corrected chi connectivity index (χ3v) is 8.78. The highest BCUT2D eigenvalue weighted by Gasteiger charge is 2.14. The summed E-state index contributed by atoms with van der Waals surface area (Å²) in [6, 6.07) is 55.1. The molecule has 0 spiro atoms. The van der Waals surface area contributed by atoms with Crippen LogP contribution in [-0.4, -0.2) is 4.98 Å². The molecule has 1 heterocycles. The van der Waals surface area contributed by atoms with Crippen molar-refractivity contribution in [2.45, 2.75) is 0 Å². The standard InChI is InChI=1S/C41H25N/c1-2-9-28-25-33(16-13-26(28)7-1)41-38-22-19-32-24-30(18-21-36(32)40(38)37-11-5-6-12-39(37)42-41)29-17-20-35-31(23-29)15-14-27-8-3-4-10-34(27)35/h1-25H. The van der Waals surface area contributed by atoms with Crippen LogP contribution in [0.25, 0.3) is 87.1 Å². The minimum atomic E-state index is 1.02. The number of rotatable bonds is 2. The molecule has 0 bridgehead atoms. The lowest BCUT2D eigenvalue weighted by Gasteiger charge is -2.14. The first-order valence-electron chi connectivity index (χ1n) is 14.5. The fourth-order valence-corrected chi connectivity index (χ4v) is 6.71. The van der Waals surface area contributed by atoms with Gasteiger partial charge in [0.2, 0.25) is 0 Å². The third kappa shape index (κ3) is 3.54. The van der Waals surface area contributed by atoms with Crippen molar-refractivity contribution in [3.05, 3.63) is 152 Å². The lowest BCUT2D eigenvalue weighted by atomic mass is 9.92. The maximum atomic E-state index is 5.20. The van der Waals surface area contributed by atoms with E-state index in [0.29, 0.717) is 0 Å². The number of fused-ring (bicyclic) bond motifs is 9. The van der Waals surface area contributed by atoms with Gasteiger partial charge >= 0.3 is 0 Å². The quantitative estimate of drug-likeness (QED) is 0.202. The Morgan fingerprint density at radius 1 is 0.310 bits per heavy atom. The summed E-state index contributed by atoms with van der Waals surface area (Å²) in [4.78, 5) is 5.20. The van der Waals surface area contributed by atoms with Crippen molar-refractivity contribution in [1.29, 1.82) is 0 Å². The SMILES string of the molecule is c1ccc2cc(-c3nc4ccccc4c4c3ccc3cc(-c5ccc6c(ccc7ccccc76)c5)ccc34)ccc2c1. The Morgan fingerprint density at radius 3 is 1.69 bits per heavy atom. The summed E-state index contributed by atoms with van der Waals surface area (Å²) in [6.45, 7) is 0. The molecule has 0 fully saturated rings. The van der Waals surface area contributed by atoms with Crippen LogP contribution in [0.5, 0.6) is 0 Å². The van der Waals surface area contributed by atoms with Gasteiger partial charge in [0.25, 0.3) is 0 Å². The van der Waals surface area contributed by atoms with E-state index in [1.165, 1.54) is 70.4 Å². The first-order valence-corrected chi connectivity index (χ1v) is 14.5. The minimum Gasteiger partial charge on any atom is -0.247 e. The van der Waals surface area contributed by atoms with Gasteiger partial charge in [0.1, 0.15) is 0 Å². The maximum absolute atomic E-state index is 5.20. The molecule has 9 rings (SSSR count). The zero-order chi connectivity index (χ0) is 27.6. The van der Waals surface area contributed by atoms with E-state index in [4.69, 9.17) is 4.98 Å². The van der Waals surface area contributed by atoms with Crippen molar-refractivity contribution in [1.82, 2.24) is 4.98 Å². The van der Waals surface area contributed by atoms with E-state index in [2.05, 4.69) is 152 Å². The summed E-state index contributed by atoms with van der Waals surface area (Å²) in [5.41, 5.74) is 5.65. The van der Waals surface area contributed by atoms with E-state index in [-0.39, 0.29) is 0 Å². The molecule has 1 nitrogen and oxygen atoms in total. The van der Waals surface area contributed by atoms with E-state index in [0.717, 1.165) is 16.8 Å². The molecule has 0 radical (unpaired) electrons. The smallest absolute Gasteiger partial charge is 0.0788 e. The fourth-order valence-electron chi connectivity index (χ4n) is 6.71. The second-order valence-electron chi connectivity index (χ2n) is 11.2. The molecule has 194 valence electrons. The number of benzene rings is 8. The topological polar surface area (TPSA) is 12.9 Å². The van der Waals surface area contributed by atoms with Crippen LogP contribution in [0.15, 0.2) is 152 Å². The molecular weight excluding hydrogens is 506 g/mol. The van der Waals surface area contributed by atoms with E-state index in [9.17, 15) is 0 Å². The predicted octanol–water partition coefficient (Wildman–Crippen LogP) is 11.3. The molecule has 0 aliphatic carbocycles. The van der Waals surface area contributed by atoms with Crippen LogP contribution in [0.1, 0.15) is 0 Å². The van der Waals surface area contributed by atoms with Gasteiger partial charge in [-0.25, -0.2) is 4.98 Å². The lowest BCUT2D eigenvalue weighted by molar-refractivity contribution is 1.43. The molecule has 1 heteroatoms. The summed E-state index contributed by atoms with van der Waals surface area (Å²) in [5, 5.41) is 13.7. The average Bonchev–Trinajstić information content (AvgIpc) is 3.06. The predicted molar refractivity (Wildman–Crippen MR) is 180 cm³/mol. The molecular formula is C41H25N. The Kier molecular flexibility index (Phi) is 4.97. The number of hydrogen-bond donors (Lipinski definition) is 0. The Labute approximate surface area is 243 Å². The number of nitrogens with zero attached hydrogens (tertiary/aromatic N) is 1. The molecule has 0 amide bonds. The van der Waals surface area contributed by atoms with Gasteiger partial charge < -0.3 is 0 Å². The first-order chi connectivity index (χ1) is 20.8. The molecule has 0 aliphatic heterocycles. The van der Waals surface area contributed by atoms with Crippen LogP contribution < -0.4 is 0 Å². The van der Waals surface area contributed by atoms with Gasteiger partial charge in [-0.05, 0) is 78.5 Å². The Hall–Kier alpha value is -5.53. The average molecular weight is 532 g/mol. The number of hydrogen-bond acceptors (Lipinski definition) is 1. The Bertz CT molecular complexity index is 2520. The van der Waals surface area contributed by atoms with Gasteiger partial charge in [-0.3, -0.25) is 0 Å². The highest BCUT2D eigenvalue weighted by Crippen LogP contribution is 2.39. The number of para-hydroxylation sites is 1. The molecule has 9 aromatic rings. The zero-order valence-electron chi connectivity index (χ0n) is 22.9. The number of pyridine rings is 1. The van der Waals surface area contributed by atoms with Crippen LogP contribution in [0, 0.1) is 0 Å². The highest BCUT2D eigenvalue weighted by molar-refractivity contribution is 6.23. The van der Waals surface area contributed by atoms with Gasteiger partial charge in [0, 0.05) is 21.7 Å². The molecule has 0 unspecified atom stereocenters. The molecule has 0 saturated carbocycles. The van der Waals surface area contributed by atoms with Crippen LogP contribution in [0.4, 0.5) is 0 Å². The van der Waals surface area contributed by atoms with Gasteiger partial charge in [0.15, 0.2) is 0 Å². The van der Waals surface area contributed by atoms with Crippen molar-refractivity contribution < 1.29 is 0 Å². The van der Waals surface area contributed by atoms with Gasteiger partial charge in [-0.15, -0.1) is 0 Å². The molecule has 42 heavy (non-hydrogen) atoms. The normalized spacial score (nSPS) is 11.8. The largest absolute Gasteiger partial charge is 0.247 e. The van der Waals surface area contributed by atoms with Crippen molar-refractivity contribution in [3.63, 3.8) is 0 Å². The molecule has 0 aliphatic rings. The summed E-state index contributed by atoms with van der Waals surface area (Å²) >= 11 is 0. The number of aromatic nitrogens is 1. The summed E-state index contributed by atoms with van der Waals surface area (Å²) in [5.74, 6) is 0. The molecule has 8 aromatic carbocycles. The minimum absolute atomic E-state index is 1.02. The maximum Gasteiger partial charge on any atom is 0.0788 e. The van der Waals surface area contributed by atoms with E-state index < -0.39 is 0 Å². The summed E-state index contributed by atoms with van der Waals surface area (Å²) in [7, 11) is 0. The van der Waals surface area contributed by atoms with Gasteiger partial charge in [0.05, 0.1) is 11.2 Å². The van der Waals surface area contributed by atoms with Crippen molar-refractivity contribution in [2.75, 3.05) is 0 Å². The van der Waals surface area contributed by atoms with Crippen LogP contribution >= 0.6 is 0 Å². The zero-order valence-corrected chi connectivity index (χ0v) is 22.9. The Balaban J connectivity index is 1.26. The van der Waals surface area contributed by atoms with Crippen LogP contribution in [0.2, 0.25) is 0 Å². The first kappa shape index (κ1) is 23.2. The fraction of sp³-hybridized carbons (Fsp3) is 0. The van der Waals surface area contributed by atoms with Crippen molar-refractivity contribution in [2.24, 2.45) is 0 Å². The second kappa shape index (κ2) is 8.99. The summed E-state index contributed by atoms with van der Waals surface area (Å²) < 4.78 is 0. The van der Waals surface area contributed by atoms with Gasteiger partial charge in [-0.2, -0.15) is 0 Å². The van der Waals surface area contributed by atoms with E-state index in [1.54, 1.807) is 0 Å². The van der Waals surface area contributed by atoms with Crippen LogP contribution in [-0.2, 0) is 0 Å². The summed E-state index contributed by atoms with van der Waals surface area (Å²) in [6.07, 6.45) is 0. The van der Waals surface area contributed by atoms with Crippen LogP contribution in [0.3, 0.4) is 0 Å². The monoisotopic (exact) mass is 531 g/mol. The lowest BCUT2D eigenvalue weighted by Crippen LogP contribution is -1.91. The molecule has 0 saturated heterocycles. The molecule has 0 atom stereocenters. The Morgan fingerprint density at radius 2 is 0.833 bits per heavy atom. The third-order valence-electron chi connectivity index (χ3n) is 8.78.